The second-order valence-electron chi connectivity index (χ2n) is 10.1. The molecule has 0 aromatic carbocycles. The number of nitrogens with zero attached hydrogens (tertiary/aromatic N) is 7. The van der Waals surface area contributed by atoms with E-state index in [4.69, 9.17) is 14.5 Å². The number of fused-ring (bicyclic) bond motifs is 5. The Morgan fingerprint density at radius 3 is 2.68 bits per heavy atom. The van der Waals surface area contributed by atoms with Gasteiger partial charge in [0.2, 0.25) is 5.88 Å². The quantitative estimate of drug-likeness (QED) is 0.336. The Balaban J connectivity index is 1.11. The van der Waals surface area contributed by atoms with Crippen molar-refractivity contribution in [3.63, 3.8) is 0 Å². The number of H-pyrrole nitrogens is 1. The molecule has 8 rings (SSSR count). The lowest BCUT2D eigenvalue weighted by Crippen LogP contribution is -2.68. The van der Waals surface area contributed by atoms with Gasteiger partial charge in [0.25, 0.3) is 0 Å². The highest BCUT2D eigenvalue weighted by Gasteiger charge is 2.44. The van der Waals surface area contributed by atoms with Gasteiger partial charge >= 0.3 is 0 Å². The highest BCUT2D eigenvalue weighted by molar-refractivity contribution is 6.00. The van der Waals surface area contributed by atoms with Gasteiger partial charge in [0, 0.05) is 61.3 Å². The molecular formula is C28H30N8O2. The molecule has 5 aromatic rings. The summed E-state index contributed by atoms with van der Waals surface area (Å²) in [5.74, 6) is 2.46. The summed E-state index contributed by atoms with van der Waals surface area (Å²) >= 11 is 0. The number of anilines is 1. The Labute approximate surface area is 220 Å². The van der Waals surface area contributed by atoms with Gasteiger partial charge in [0.05, 0.1) is 37.0 Å². The average molecular weight is 511 g/mol. The molecule has 10 heteroatoms. The van der Waals surface area contributed by atoms with Crippen molar-refractivity contribution < 1.29 is 9.47 Å². The van der Waals surface area contributed by atoms with Gasteiger partial charge < -0.3 is 14.4 Å². The zero-order chi connectivity index (χ0) is 25.6. The van der Waals surface area contributed by atoms with Crippen LogP contribution < -0.4 is 14.4 Å². The summed E-state index contributed by atoms with van der Waals surface area (Å²) in [5.41, 5.74) is 5.03. The summed E-state index contributed by atoms with van der Waals surface area (Å²) in [7, 11) is 1.65. The molecule has 0 radical (unpaired) electrons. The fourth-order valence-electron chi connectivity index (χ4n) is 5.76. The van der Waals surface area contributed by atoms with Crippen LogP contribution in [-0.2, 0) is 6.54 Å². The molecule has 3 saturated heterocycles. The number of nitrogens with one attached hydrogen (secondary N) is 1. The maximum atomic E-state index is 5.97. The third kappa shape index (κ3) is 3.92. The Hall–Kier alpha value is -4.18. The van der Waals surface area contributed by atoms with Crippen LogP contribution in [0.4, 0.5) is 5.82 Å². The minimum atomic E-state index is 0.533. The van der Waals surface area contributed by atoms with Crippen LogP contribution in [0, 0.1) is 0 Å². The number of pyridine rings is 3. The van der Waals surface area contributed by atoms with Gasteiger partial charge in [0.15, 0.2) is 5.65 Å². The van der Waals surface area contributed by atoms with Gasteiger partial charge in [-0.05, 0) is 36.6 Å². The van der Waals surface area contributed by atoms with E-state index in [9.17, 15) is 0 Å². The molecule has 38 heavy (non-hydrogen) atoms. The third-order valence-corrected chi connectivity index (χ3v) is 7.67. The number of aromatic amines is 1. The molecule has 2 bridgehead atoms. The lowest BCUT2D eigenvalue weighted by molar-refractivity contribution is -0.00876. The second kappa shape index (κ2) is 9.29. The van der Waals surface area contributed by atoms with Crippen molar-refractivity contribution in [2.24, 2.45) is 0 Å². The molecule has 0 spiro atoms. The minimum Gasteiger partial charge on any atom is -0.492 e. The van der Waals surface area contributed by atoms with Crippen molar-refractivity contribution in [3.05, 3.63) is 60.7 Å². The predicted molar refractivity (Wildman–Crippen MR) is 145 cm³/mol. The zero-order valence-corrected chi connectivity index (χ0v) is 21.5. The van der Waals surface area contributed by atoms with Crippen LogP contribution in [-0.4, -0.2) is 73.6 Å². The molecule has 0 saturated carbocycles. The van der Waals surface area contributed by atoms with Crippen molar-refractivity contribution >= 4 is 22.4 Å². The van der Waals surface area contributed by atoms with Crippen LogP contribution in [0.15, 0.2) is 55.1 Å². The number of aromatic nitrogens is 6. The molecule has 3 aliphatic heterocycles. The Kier molecular flexibility index (Phi) is 5.61. The first-order valence-corrected chi connectivity index (χ1v) is 13.1. The third-order valence-electron chi connectivity index (χ3n) is 7.67. The fraction of sp³-hybridized carbons (Fsp3) is 0.357. The average Bonchev–Trinajstić information content (AvgIpc) is 3.56. The SMILES string of the molecule is CCCOc1cc(-c2ccc(N3CC4C[C@@H](C3)N4Cc3ccc(OC)nc3)nc2)c2c3cn[nH]c3nn2c1. The smallest absolute Gasteiger partial charge is 0.212 e. The number of rotatable bonds is 8. The second-order valence-corrected chi connectivity index (χ2v) is 10.1. The number of ether oxygens (including phenoxy) is 2. The number of hydrogen-bond donors (Lipinski definition) is 1. The summed E-state index contributed by atoms with van der Waals surface area (Å²) in [6, 6.07) is 11.5. The molecule has 8 heterocycles. The normalized spacial score (nSPS) is 19.2. The predicted octanol–water partition coefficient (Wildman–Crippen LogP) is 3.93. The molecule has 5 aromatic heterocycles. The first-order valence-electron chi connectivity index (χ1n) is 13.1. The summed E-state index contributed by atoms with van der Waals surface area (Å²) < 4.78 is 13.0. The van der Waals surface area contributed by atoms with E-state index >= 15 is 0 Å². The Bertz CT molecular complexity index is 1560. The standard InChI is InChI=1S/C28H30N8O2/c1-3-8-38-22-10-23(27-24-13-31-32-28(24)33-36(27)17-22)19-5-6-25(29-12-19)34-15-20-9-21(16-34)35(20)14-18-4-7-26(37-2)30-11-18/h4-7,10-13,17,20-21H,3,8-9,14-16H2,1-2H3,(H,32,33)/t20-,21?/m0/s1. The van der Waals surface area contributed by atoms with E-state index in [1.165, 1.54) is 12.0 Å². The molecule has 0 amide bonds. The van der Waals surface area contributed by atoms with E-state index in [1.54, 1.807) is 7.11 Å². The number of piperazine rings is 1. The highest BCUT2D eigenvalue weighted by Crippen LogP contribution is 2.37. The molecule has 194 valence electrons. The van der Waals surface area contributed by atoms with E-state index in [1.807, 2.05) is 35.4 Å². The first kappa shape index (κ1) is 23.0. The molecule has 2 atom stereocenters. The molecule has 1 unspecified atom stereocenters. The summed E-state index contributed by atoms with van der Waals surface area (Å²) in [5, 5.41) is 12.8. The van der Waals surface area contributed by atoms with Gasteiger partial charge in [0.1, 0.15) is 11.6 Å². The van der Waals surface area contributed by atoms with E-state index in [-0.39, 0.29) is 0 Å². The maximum Gasteiger partial charge on any atom is 0.212 e. The van der Waals surface area contributed by atoms with Crippen molar-refractivity contribution in [3.8, 4) is 22.8 Å². The summed E-state index contributed by atoms with van der Waals surface area (Å²) in [4.78, 5) is 14.3. The highest BCUT2D eigenvalue weighted by atomic mass is 16.5. The zero-order valence-electron chi connectivity index (χ0n) is 21.5. The molecule has 3 fully saturated rings. The van der Waals surface area contributed by atoms with Gasteiger partial charge in [-0.15, -0.1) is 5.10 Å². The van der Waals surface area contributed by atoms with Gasteiger partial charge in [-0.1, -0.05) is 13.0 Å². The molecular weight excluding hydrogens is 480 g/mol. The number of piperidine rings is 1. The van der Waals surface area contributed by atoms with Gasteiger partial charge in [-0.2, -0.15) is 5.10 Å². The van der Waals surface area contributed by atoms with Crippen molar-refractivity contribution in [2.45, 2.75) is 38.4 Å². The van der Waals surface area contributed by atoms with E-state index in [2.05, 4.69) is 61.3 Å². The first-order chi connectivity index (χ1) is 18.7. The monoisotopic (exact) mass is 510 g/mol. The van der Waals surface area contributed by atoms with E-state index < -0.39 is 0 Å². The fourth-order valence-corrected chi connectivity index (χ4v) is 5.76. The van der Waals surface area contributed by atoms with Crippen LogP contribution in [0.5, 0.6) is 11.6 Å². The van der Waals surface area contributed by atoms with Crippen LogP contribution in [0.25, 0.3) is 27.7 Å². The van der Waals surface area contributed by atoms with Crippen molar-refractivity contribution in [2.75, 3.05) is 31.7 Å². The van der Waals surface area contributed by atoms with E-state index in [0.29, 0.717) is 24.6 Å². The lowest BCUT2D eigenvalue weighted by Gasteiger charge is -2.56. The maximum absolute atomic E-state index is 5.97. The lowest BCUT2D eigenvalue weighted by atomic mass is 9.87. The molecule has 3 aliphatic rings. The van der Waals surface area contributed by atoms with Crippen LogP contribution in [0.3, 0.4) is 0 Å². The van der Waals surface area contributed by atoms with Crippen LogP contribution in [0.1, 0.15) is 25.3 Å². The summed E-state index contributed by atoms with van der Waals surface area (Å²) in [6.45, 7) is 5.65. The molecule has 1 N–H and O–H groups in total. The van der Waals surface area contributed by atoms with E-state index in [0.717, 1.165) is 65.3 Å². The molecule has 0 aliphatic carbocycles. The minimum absolute atomic E-state index is 0.533. The van der Waals surface area contributed by atoms with Crippen LogP contribution >= 0.6 is 0 Å². The topological polar surface area (TPSA) is 96.7 Å². The Morgan fingerprint density at radius 1 is 1.05 bits per heavy atom. The van der Waals surface area contributed by atoms with Crippen molar-refractivity contribution in [1.29, 1.82) is 0 Å². The van der Waals surface area contributed by atoms with Crippen LogP contribution in [0.2, 0.25) is 0 Å². The molecule has 10 nitrogen and oxygen atoms in total. The number of methoxy groups -OCH3 is 1. The number of hydrogen-bond acceptors (Lipinski definition) is 8. The summed E-state index contributed by atoms with van der Waals surface area (Å²) in [6.07, 6.45) is 9.82. The van der Waals surface area contributed by atoms with Gasteiger partial charge in [-0.25, -0.2) is 14.5 Å². The van der Waals surface area contributed by atoms with Gasteiger partial charge in [-0.3, -0.25) is 10.00 Å². The Morgan fingerprint density at radius 2 is 1.95 bits per heavy atom. The van der Waals surface area contributed by atoms with Crippen molar-refractivity contribution in [1.82, 2.24) is 34.7 Å². The largest absolute Gasteiger partial charge is 0.492 e.